The number of hydrogen-bond donors (Lipinski definition) is 0. The van der Waals surface area contributed by atoms with Crippen LogP contribution < -0.4 is 0 Å². The van der Waals surface area contributed by atoms with Gasteiger partial charge < -0.3 is 0 Å². The van der Waals surface area contributed by atoms with Crippen LogP contribution in [0.1, 0.15) is 76.6 Å². The molecule has 0 radical (unpaired) electrons. The van der Waals surface area contributed by atoms with E-state index in [9.17, 15) is 0 Å². The van der Waals surface area contributed by atoms with Crippen molar-refractivity contribution in [1.29, 1.82) is 0 Å². The average Bonchev–Trinajstić information content (AvgIpc) is 3.24. The largest absolute Gasteiger partial charge is 0.225 e. The predicted octanol–water partition coefficient (Wildman–Crippen LogP) is 6.13. The number of nitrogens with zero attached hydrogens (tertiary/aromatic N) is 2. The van der Waals surface area contributed by atoms with Crippen molar-refractivity contribution in [2.75, 3.05) is 0 Å². The SMILES string of the molecule is CCCCC#Cc1csc(-c2nc(C#CCCCCCC)cs2)n1. The molecule has 0 unspecified atom stereocenters. The number of aromatic nitrogens is 2. The summed E-state index contributed by atoms with van der Waals surface area (Å²) >= 11 is 3.21. The third-order valence-electron chi connectivity index (χ3n) is 3.43. The first-order valence-corrected chi connectivity index (χ1v) is 10.5. The maximum Gasteiger partial charge on any atom is 0.153 e. The summed E-state index contributed by atoms with van der Waals surface area (Å²) in [6.07, 6.45) is 9.26. The summed E-state index contributed by atoms with van der Waals surface area (Å²) in [5, 5.41) is 5.91. The summed E-state index contributed by atoms with van der Waals surface area (Å²) in [5.74, 6) is 12.7. The first-order valence-electron chi connectivity index (χ1n) is 8.72. The van der Waals surface area contributed by atoms with Crippen LogP contribution in [0, 0.1) is 23.7 Å². The Kier molecular flexibility index (Phi) is 8.60. The summed E-state index contributed by atoms with van der Waals surface area (Å²) < 4.78 is 0. The number of rotatable bonds is 7. The maximum atomic E-state index is 4.58. The fourth-order valence-electron chi connectivity index (χ4n) is 2.07. The normalized spacial score (nSPS) is 9.92. The maximum absolute atomic E-state index is 4.58. The molecule has 0 aliphatic carbocycles. The Hall–Kier alpha value is -1.62. The van der Waals surface area contributed by atoms with Gasteiger partial charge in [-0.15, -0.1) is 22.7 Å². The minimum Gasteiger partial charge on any atom is -0.225 e. The van der Waals surface area contributed by atoms with Gasteiger partial charge in [0.1, 0.15) is 11.4 Å². The van der Waals surface area contributed by atoms with E-state index in [4.69, 9.17) is 0 Å². The molecule has 0 atom stereocenters. The highest BCUT2D eigenvalue weighted by molar-refractivity contribution is 7.19. The van der Waals surface area contributed by atoms with E-state index < -0.39 is 0 Å². The van der Waals surface area contributed by atoms with Gasteiger partial charge in [-0.1, -0.05) is 51.4 Å². The molecule has 2 aromatic heterocycles. The molecule has 126 valence electrons. The van der Waals surface area contributed by atoms with Gasteiger partial charge in [0, 0.05) is 23.6 Å². The molecule has 2 aromatic rings. The molecule has 0 aliphatic rings. The fraction of sp³-hybridized carbons (Fsp3) is 0.500. The highest BCUT2D eigenvalue weighted by atomic mass is 32.1. The van der Waals surface area contributed by atoms with Crippen LogP contribution in [0.5, 0.6) is 0 Å². The van der Waals surface area contributed by atoms with Gasteiger partial charge >= 0.3 is 0 Å². The Bertz CT molecular complexity index is 735. The molecule has 0 bridgehead atoms. The molecule has 24 heavy (non-hydrogen) atoms. The summed E-state index contributed by atoms with van der Waals surface area (Å²) in [5.41, 5.74) is 1.71. The molecule has 0 fully saturated rings. The van der Waals surface area contributed by atoms with E-state index in [1.54, 1.807) is 22.7 Å². The summed E-state index contributed by atoms with van der Waals surface area (Å²) in [6, 6.07) is 0. The zero-order valence-electron chi connectivity index (χ0n) is 14.5. The number of thiazole rings is 2. The van der Waals surface area contributed by atoms with Crippen LogP contribution in [-0.4, -0.2) is 9.97 Å². The van der Waals surface area contributed by atoms with Crippen molar-refractivity contribution in [1.82, 2.24) is 9.97 Å². The van der Waals surface area contributed by atoms with Crippen LogP contribution in [0.25, 0.3) is 10.0 Å². The zero-order chi connectivity index (χ0) is 17.0. The summed E-state index contributed by atoms with van der Waals surface area (Å²) in [7, 11) is 0. The molecule has 0 aliphatic heterocycles. The van der Waals surface area contributed by atoms with Crippen molar-refractivity contribution in [3.63, 3.8) is 0 Å². The van der Waals surface area contributed by atoms with Gasteiger partial charge in [0.25, 0.3) is 0 Å². The minimum absolute atomic E-state index is 0.852. The van der Waals surface area contributed by atoms with Crippen molar-refractivity contribution in [2.24, 2.45) is 0 Å². The lowest BCUT2D eigenvalue weighted by Gasteiger charge is -1.91. The lowest BCUT2D eigenvalue weighted by atomic mass is 10.1. The molecule has 0 N–H and O–H groups in total. The molecule has 0 amide bonds. The first kappa shape index (κ1) is 18.7. The lowest BCUT2D eigenvalue weighted by molar-refractivity contribution is 0.679. The summed E-state index contributed by atoms with van der Waals surface area (Å²) in [6.45, 7) is 4.40. The van der Waals surface area contributed by atoms with Crippen LogP contribution in [0.4, 0.5) is 0 Å². The molecule has 2 heterocycles. The highest BCUT2D eigenvalue weighted by Crippen LogP contribution is 2.26. The smallest absolute Gasteiger partial charge is 0.153 e. The van der Waals surface area contributed by atoms with E-state index in [-0.39, 0.29) is 0 Å². The van der Waals surface area contributed by atoms with Gasteiger partial charge in [0.05, 0.1) is 0 Å². The predicted molar refractivity (Wildman–Crippen MR) is 105 cm³/mol. The van der Waals surface area contributed by atoms with E-state index in [0.29, 0.717) is 0 Å². The van der Waals surface area contributed by atoms with Gasteiger partial charge in [-0.05, 0) is 24.7 Å². The van der Waals surface area contributed by atoms with Gasteiger partial charge in [0.15, 0.2) is 10.0 Å². The van der Waals surface area contributed by atoms with Crippen LogP contribution in [0.3, 0.4) is 0 Å². The molecular formula is C20H24N2S2. The second kappa shape index (κ2) is 11.0. The standard InChI is InChI=1S/C20H24N2S2/c1-3-5-7-9-10-12-14-18-16-24-20(22-18)19-21-17(15-23-19)13-11-8-6-4-2/h15-16H,3-10H2,1-2H3. The van der Waals surface area contributed by atoms with E-state index >= 15 is 0 Å². The van der Waals surface area contributed by atoms with Gasteiger partial charge in [-0.2, -0.15) is 0 Å². The average molecular weight is 357 g/mol. The van der Waals surface area contributed by atoms with E-state index in [1.807, 2.05) is 10.8 Å². The monoisotopic (exact) mass is 356 g/mol. The van der Waals surface area contributed by atoms with Gasteiger partial charge in [0.2, 0.25) is 0 Å². The quantitative estimate of drug-likeness (QED) is 0.440. The van der Waals surface area contributed by atoms with Crippen LogP contribution >= 0.6 is 22.7 Å². The Morgan fingerprint density at radius 1 is 0.750 bits per heavy atom. The molecule has 2 nitrogen and oxygen atoms in total. The summed E-state index contributed by atoms with van der Waals surface area (Å²) in [4.78, 5) is 9.15. The van der Waals surface area contributed by atoms with Gasteiger partial charge in [-0.25, -0.2) is 9.97 Å². The van der Waals surface area contributed by atoms with Crippen LogP contribution in [0.15, 0.2) is 10.8 Å². The van der Waals surface area contributed by atoms with Crippen molar-refractivity contribution < 1.29 is 0 Å². The Labute approximate surface area is 153 Å². The minimum atomic E-state index is 0.852. The molecule has 4 heteroatoms. The number of unbranched alkanes of at least 4 members (excludes halogenated alkanes) is 6. The topological polar surface area (TPSA) is 25.8 Å². The van der Waals surface area contributed by atoms with Crippen LogP contribution in [0.2, 0.25) is 0 Å². The Balaban J connectivity index is 1.89. The molecule has 0 saturated heterocycles. The molecule has 0 aromatic carbocycles. The van der Waals surface area contributed by atoms with Crippen LogP contribution in [-0.2, 0) is 0 Å². The third-order valence-corrected chi connectivity index (χ3v) is 5.26. The third kappa shape index (κ3) is 6.48. The van der Waals surface area contributed by atoms with E-state index in [1.165, 1.54) is 32.1 Å². The van der Waals surface area contributed by atoms with E-state index in [0.717, 1.165) is 40.7 Å². The lowest BCUT2D eigenvalue weighted by Crippen LogP contribution is -1.79. The highest BCUT2D eigenvalue weighted by Gasteiger charge is 2.07. The Morgan fingerprint density at radius 3 is 1.83 bits per heavy atom. The second-order valence-corrected chi connectivity index (χ2v) is 7.31. The van der Waals surface area contributed by atoms with Gasteiger partial charge in [-0.3, -0.25) is 0 Å². The fourth-order valence-corrected chi connectivity index (χ4v) is 3.62. The Morgan fingerprint density at radius 2 is 1.29 bits per heavy atom. The molecule has 2 rings (SSSR count). The zero-order valence-corrected chi connectivity index (χ0v) is 16.2. The first-order chi connectivity index (χ1) is 11.8. The second-order valence-electron chi connectivity index (χ2n) is 5.59. The van der Waals surface area contributed by atoms with Crippen molar-refractivity contribution >= 4 is 22.7 Å². The molecular weight excluding hydrogens is 332 g/mol. The number of hydrogen-bond acceptors (Lipinski definition) is 4. The van der Waals surface area contributed by atoms with Crippen molar-refractivity contribution in [2.45, 2.75) is 65.2 Å². The molecule has 0 saturated carbocycles. The van der Waals surface area contributed by atoms with Crippen molar-refractivity contribution in [3.05, 3.63) is 22.1 Å². The van der Waals surface area contributed by atoms with Crippen molar-refractivity contribution in [3.8, 4) is 33.7 Å². The molecule has 0 spiro atoms. The van der Waals surface area contributed by atoms with E-state index in [2.05, 4.69) is 47.5 Å².